The maximum Gasteiger partial charge on any atom is 0.255 e. The number of piperidine rings is 1. The molecule has 0 aromatic carbocycles. The van der Waals surface area contributed by atoms with Crippen molar-refractivity contribution in [1.82, 2.24) is 9.47 Å². The Morgan fingerprint density at radius 1 is 1.43 bits per heavy atom. The first-order valence-corrected chi connectivity index (χ1v) is 7.72. The smallest absolute Gasteiger partial charge is 0.255 e. The third-order valence-electron chi connectivity index (χ3n) is 4.05. The molecule has 1 N–H and O–H groups in total. The zero-order valence-electron chi connectivity index (χ0n) is 12.8. The number of aliphatic hydroxyl groups excluding tert-OH is 1. The van der Waals surface area contributed by atoms with E-state index < -0.39 is 6.10 Å². The fraction of sp³-hybridized carbons (Fsp3) is 0.625. The molecule has 5 nitrogen and oxygen atoms in total. The standard InChI is InChI=1S/C16H24N2O3/c1-3-14-6-4-5-9-18(14)16(21)13-7-8-15(20)17(11-13)10-12(2)19/h7-8,11-12,14,19H,3-6,9-10H2,1-2H3. The fourth-order valence-corrected chi connectivity index (χ4v) is 2.94. The monoisotopic (exact) mass is 292 g/mol. The van der Waals surface area contributed by atoms with Gasteiger partial charge >= 0.3 is 0 Å². The molecular weight excluding hydrogens is 268 g/mol. The van der Waals surface area contributed by atoms with E-state index in [0.717, 1.165) is 25.8 Å². The summed E-state index contributed by atoms with van der Waals surface area (Å²) in [5, 5.41) is 9.43. The number of carbonyl (C=O) groups excluding carboxylic acids is 1. The number of hydrogen-bond acceptors (Lipinski definition) is 3. The van der Waals surface area contributed by atoms with Gasteiger partial charge in [0.15, 0.2) is 0 Å². The molecule has 21 heavy (non-hydrogen) atoms. The van der Waals surface area contributed by atoms with Crippen LogP contribution in [0, 0.1) is 0 Å². The second kappa shape index (κ2) is 6.89. The summed E-state index contributed by atoms with van der Waals surface area (Å²) in [6.07, 6.45) is 5.17. The first-order chi connectivity index (χ1) is 10.0. The van der Waals surface area contributed by atoms with Gasteiger partial charge in [-0.2, -0.15) is 0 Å². The lowest BCUT2D eigenvalue weighted by Crippen LogP contribution is -2.43. The third kappa shape index (κ3) is 3.73. The highest BCUT2D eigenvalue weighted by atomic mass is 16.3. The molecule has 0 bridgehead atoms. The predicted molar refractivity (Wildman–Crippen MR) is 81.3 cm³/mol. The molecule has 1 saturated heterocycles. The summed E-state index contributed by atoms with van der Waals surface area (Å²) < 4.78 is 1.41. The molecule has 2 heterocycles. The minimum Gasteiger partial charge on any atom is -0.392 e. The van der Waals surface area contributed by atoms with E-state index >= 15 is 0 Å². The number of aromatic nitrogens is 1. The second-order valence-corrected chi connectivity index (χ2v) is 5.81. The van der Waals surface area contributed by atoms with Crippen molar-refractivity contribution in [3.63, 3.8) is 0 Å². The highest BCUT2D eigenvalue weighted by molar-refractivity contribution is 5.94. The molecule has 2 atom stereocenters. The summed E-state index contributed by atoms with van der Waals surface area (Å²) in [5.41, 5.74) is 0.328. The van der Waals surface area contributed by atoms with Crippen molar-refractivity contribution in [3.8, 4) is 0 Å². The van der Waals surface area contributed by atoms with E-state index in [2.05, 4.69) is 6.92 Å². The largest absolute Gasteiger partial charge is 0.392 e. The van der Waals surface area contributed by atoms with Crippen LogP contribution in [0.15, 0.2) is 23.1 Å². The first-order valence-electron chi connectivity index (χ1n) is 7.72. The van der Waals surface area contributed by atoms with Crippen LogP contribution in [-0.4, -0.2) is 39.2 Å². The molecule has 0 aliphatic carbocycles. The van der Waals surface area contributed by atoms with E-state index in [1.165, 1.54) is 17.1 Å². The minimum absolute atomic E-state index is 0.0131. The normalized spacial score (nSPS) is 20.3. The van der Waals surface area contributed by atoms with Crippen LogP contribution >= 0.6 is 0 Å². The van der Waals surface area contributed by atoms with E-state index in [4.69, 9.17) is 0 Å². The van der Waals surface area contributed by atoms with Gasteiger partial charge in [-0.25, -0.2) is 0 Å². The third-order valence-corrected chi connectivity index (χ3v) is 4.05. The lowest BCUT2D eigenvalue weighted by atomic mass is 9.99. The molecule has 1 fully saturated rings. The van der Waals surface area contributed by atoms with Gasteiger partial charge < -0.3 is 14.6 Å². The molecule has 1 aliphatic rings. The maximum absolute atomic E-state index is 12.7. The van der Waals surface area contributed by atoms with Crippen LogP contribution in [0.5, 0.6) is 0 Å². The molecule has 1 aromatic rings. The Morgan fingerprint density at radius 3 is 2.86 bits per heavy atom. The first kappa shape index (κ1) is 15.8. The second-order valence-electron chi connectivity index (χ2n) is 5.81. The molecule has 1 aromatic heterocycles. The average Bonchev–Trinajstić information content (AvgIpc) is 2.48. The van der Waals surface area contributed by atoms with Gasteiger partial charge in [-0.05, 0) is 38.7 Å². The summed E-state index contributed by atoms with van der Waals surface area (Å²) in [6, 6.07) is 3.29. The molecule has 0 saturated carbocycles. The molecule has 2 unspecified atom stereocenters. The quantitative estimate of drug-likeness (QED) is 0.917. The zero-order valence-corrected chi connectivity index (χ0v) is 12.8. The van der Waals surface area contributed by atoms with Gasteiger partial charge in [0.1, 0.15) is 0 Å². The van der Waals surface area contributed by atoms with Gasteiger partial charge in [0, 0.05) is 24.8 Å². The van der Waals surface area contributed by atoms with Crippen LogP contribution in [-0.2, 0) is 6.54 Å². The summed E-state index contributed by atoms with van der Waals surface area (Å²) in [4.78, 5) is 26.3. The SMILES string of the molecule is CCC1CCCCN1C(=O)c1ccc(=O)n(CC(C)O)c1. The fourth-order valence-electron chi connectivity index (χ4n) is 2.94. The van der Waals surface area contributed by atoms with Crippen molar-refractivity contribution in [3.05, 3.63) is 34.2 Å². The van der Waals surface area contributed by atoms with Gasteiger partial charge in [-0.15, -0.1) is 0 Å². The Morgan fingerprint density at radius 2 is 2.19 bits per heavy atom. The maximum atomic E-state index is 12.7. The Kier molecular flexibility index (Phi) is 5.17. The predicted octanol–water partition coefficient (Wildman–Crippen LogP) is 1.63. The lowest BCUT2D eigenvalue weighted by molar-refractivity contribution is 0.0606. The molecule has 1 amide bonds. The van der Waals surface area contributed by atoms with E-state index in [1.807, 2.05) is 4.90 Å². The Balaban J connectivity index is 2.24. The lowest BCUT2D eigenvalue weighted by Gasteiger charge is -2.35. The Labute approximate surface area is 125 Å². The number of amides is 1. The molecule has 0 spiro atoms. The molecule has 116 valence electrons. The van der Waals surface area contributed by atoms with Gasteiger partial charge in [-0.3, -0.25) is 9.59 Å². The highest BCUT2D eigenvalue weighted by Crippen LogP contribution is 2.21. The van der Waals surface area contributed by atoms with E-state index in [-0.39, 0.29) is 18.0 Å². The number of likely N-dealkylation sites (tertiary alicyclic amines) is 1. The van der Waals surface area contributed by atoms with Crippen molar-refractivity contribution < 1.29 is 9.90 Å². The summed E-state index contributed by atoms with van der Waals surface area (Å²) in [6.45, 7) is 4.72. The summed E-state index contributed by atoms with van der Waals surface area (Å²) in [7, 11) is 0. The Bertz CT molecular complexity index is 551. The van der Waals surface area contributed by atoms with Crippen LogP contribution in [0.2, 0.25) is 0 Å². The number of carbonyl (C=O) groups is 1. The minimum atomic E-state index is -0.619. The van der Waals surface area contributed by atoms with Gasteiger partial charge in [0.05, 0.1) is 18.2 Å². The van der Waals surface area contributed by atoms with Crippen LogP contribution < -0.4 is 5.56 Å². The van der Waals surface area contributed by atoms with E-state index in [0.29, 0.717) is 11.6 Å². The van der Waals surface area contributed by atoms with E-state index in [1.54, 1.807) is 19.2 Å². The number of aliphatic hydroxyl groups is 1. The number of nitrogens with zero attached hydrogens (tertiary/aromatic N) is 2. The number of pyridine rings is 1. The van der Waals surface area contributed by atoms with E-state index in [9.17, 15) is 14.7 Å². The molecule has 0 radical (unpaired) electrons. The average molecular weight is 292 g/mol. The zero-order chi connectivity index (χ0) is 15.4. The number of rotatable bonds is 4. The van der Waals surface area contributed by atoms with Crippen LogP contribution in [0.25, 0.3) is 0 Å². The molecule has 1 aliphatic heterocycles. The van der Waals surface area contributed by atoms with Gasteiger partial charge in [-0.1, -0.05) is 6.92 Å². The molecule has 2 rings (SSSR count). The van der Waals surface area contributed by atoms with Crippen molar-refractivity contribution >= 4 is 5.91 Å². The van der Waals surface area contributed by atoms with Crippen LogP contribution in [0.3, 0.4) is 0 Å². The highest BCUT2D eigenvalue weighted by Gasteiger charge is 2.26. The van der Waals surface area contributed by atoms with Crippen molar-refractivity contribution in [2.24, 2.45) is 0 Å². The number of hydrogen-bond donors (Lipinski definition) is 1. The summed E-state index contributed by atoms with van der Waals surface area (Å²) >= 11 is 0. The molecular formula is C16H24N2O3. The Hall–Kier alpha value is -1.62. The van der Waals surface area contributed by atoms with Crippen molar-refractivity contribution in [2.75, 3.05) is 6.54 Å². The molecule has 5 heteroatoms. The van der Waals surface area contributed by atoms with Crippen molar-refractivity contribution in [1.29, 1.82) is 0 Å². The van der Waals surface area contributed by atoms with Gasteiger partial charge in [0.25, 0.3) is 11.5 Å². The van der Waals surface area contributed by atoms with Crippen LogP contribution in [0.1, 0.15) is 49.9 Å². The summed E-state index contributed by atoms with van der Waals surface area (Å²) in [5.74, 6) is -0.0131. The van der Waals surface area contributed by atoms with Crippen molar-refractivity contribution in [2.45, 2.75) is 58.2 Å². The topological polar surface area (TPSA) is 62.5 Å². The van der Waals surface area contributed by atoms with Gasteiger partial charge in [0.2, 0.25) is 0 Å². The van der Waals surface area contributed by atoms with Crippen LogP contribution in [0.4, 0.5) is 0 Å².